The first-order chi connectivity index (χ1) is 6.84. The van der Waals surface area contributed by atoms with Gasteiger partial charge in [0, 0.05) is 6.20 Å². The largest absolute Gasteiger partial charge is 0.363 e. The fraction of sp³-hybridized carbons (Fsp3) is 0.375. The number of fused-ring (bicyclic) bond motifs is 1. The fourth-order valence-electron chi connectivity index (χ4n) is 1.47. The van der Waals surface area contributed by atoms with Crippen LogP contribution >= 0.6 is 11.8 Å². The average molecular weight is 227 g/mol. The molecule has 2 rings (SSSR count). The van der Waals surface area contributed by atoms with Crippen molar-refractivity contribution in [3.63, 3.8) is 0 Å². The molecule has 0 aliphatic carbocycles. The highest BCUT2D eigenvalue weighted by molar-refractivity contribution is 8.02. The number of β-lactam (4-membered cyclic amide) rings is 1. The number of Topliss-reactive ketones (excluding diaryl/α,β-unsaturated/α-hetero) is 1. The highest BCUT2D eigenvalue weighted by atomic mass is 32.2. The maximum atomic E-state index is 11.2. The summed E-state index contributed by atoms with van der Waals surface area (Å²) in [6.07, 6.45) is 1.23. The predicted octanol–water partition coefficient (Wildman–Crippen LogP) is -1.00. The van der Waals surface area contributed by atoms with Gasteiger partial charge in [0.15, 0.2) is 10.8 Å². The highest BCUT2D eigenvalue weighted by Gasteiger charge is 2.51. The Hall–Kier alpha value is -1.18. The number of carbonyl (C=O) groups excluding carboxylic acids is 2. The van der Waals surface area contributed by atoms with Gasteiger partial charge < -0.3 is 5.11 Å². The second-order valence-corrected chi connectivity index (χ2v) is 4.70. The maximum Gasteiger partial charge on any atom is 0.275 e. The molecule has 15 heavy (non-hydrogen) atoms. The summed E-state index contributed by atoms with van der Waals surface area (Å²) in [6.45, 7) is 1.26. The molecule has 2 heterocycles. The Kier molecular flexibility index (Phi) is 2.00. The van der Waals surface area contributed by atoms with E-state index in [2.05, 4.69) is 0 Å². The van der Waals surface area contributed by atoms with Gasteiger partial charge in [-0.15, -0.1) is 0 Å². The summed E-state index contributed by atoms with van der Waals surface area (Å²) < 4.78 is 0. The van der Waals surface area contributed by atoms with Crippen LogP contribution in [0.5, 0.6) is 0 Å². The lowest BCUT2D eigenvalue weighted by Gasteiger charge is -2.45. The lowest BCUT2D eigenvalue weighted by molar-refractivity contribution is -0.125. The zero-order chi connectivity index (χ0) is 11.4. The summed E-state index contributed by atoms with van der Waals surface area (Å²) in [5, 5.41) is 14.7. The molecule has 1 unspecified atom stereocenters. The Labute approximate surface area is 89.6 Å². The number of nitrogens with one attached hydrogen (secondary N) is 1. The highest BCUT2D eigenvalue weighted by Crippen LogP contribution is 2.41. The summed E-state index contributed by atoms with van der Waals surface area (Å²) in [7, 11) is 0. The number of nitrogens with zero attached hydrogens (tertiary/aromatic N) is 1. The number of thioether (sulfide) groups is 1. The third kappa shape index (κ3) is 1.31. The van der Waals surface area contributed by atoms with E-state index in [1.807, 2.05) is 0 Å². The number of rotatable bonds is 1. The van der Waals surface area contributed by atoms with E-state index in [0.717, 1.165) is 11.8 Å². The molecule has 0 saturated carbocycles. The third-order valence-corrected chi connectivity index (χ3v) is 3.55. The number of aliphatic hydroxyl groups is 1. The second-order valence-electron chi connectivity index (χ2n) is 3.39. The molecule has 2 atom stereocenters. The van der Waals surface area contributed by atoms with Crippen molar-refractivity contribution in [2.75, 3.05) is 0 Å². The Balaban J connectivity index is 2.41. The van der Waals surface area contributed by atoms with E-state index < -0.39 is 22.1 Å². The molecule has 0 spiro atoms. The van der Waals surface area contributed by atoms with E-state index in [0.29, 0.717) is 0 Å². The van der Waals surface area contributed by atoms with Crippen LogP contribution in [0.1, 0.15) is 6.92 Å². The number of carbonyl (C=O) groups is 2. The summed E-state index contributed by atoms with van der Waals surface area (Å²) in [5.41, 5.74) is 5.38. The molecular weight excluding hydrogens is 218 g/mol. The maximum absolute atomic E-state index is 11.2. The monoisotopic (exact) mass is 227 g/mol. The smallest absolute Gasteiger partial charge is 0.275 e. The van der Waals surface area contributed by atoms with Crippen LogP contribution < -0.4 is 5.73 Å². The van der Waals surface area contributed by atoms with Crippen LogP contribution in [0.15, 0.2) is 11.8 Å². The molecule has 0 radical (unpaired) electrons. The predicted molar refractivity (Wildman–Crippen MR) is 53.9 cm³/mol. The van der Waals surface area contributed by atoms with E-state index in [-0.39, 0.29) is 11.3 Å². The Morgan fingerprint density at radius 3 is 2.93 bits per heavy atom. The first kappa shape index (κ1) is 10.3. The van der Waals surface area contributed by atoms with Gasteiger partial charge in [-0.2, -0.15) is 0 Å². The number of amides is 1. The SMILES string of the molecule is CC(=O)C1=CN2C(=O)C(=N)[C@H]2SC1(N)O. The van der Waals surface area contributed by atoms with E-state index in [4.69, 9.17) is 11.1 Å². The average Bonchev–Trinajstić information content (AvgIpc) is 2.14. The Morgan fingerprint density at radius 1 is 1.80 bits per heavy atom. The molecule has 0 aromatic heterocycles. The third-order valence-electron chi connectivity index (χ3n) is 2.29. The van der Waals surface area contributed by atoms with E-state index >= 15 is 0 Å². The minimum Gasteiger partial charge on any atom is -0.363 e. The minimum absolute atomic E-state index is 0.0235. The normalized spacial score (nSPS) is 34.5. The zero-order valence-corrected chi connectivity index (χ0v) is 8.67. The van der Waals surface area contributed by atoms with Crippen LogP contribution in [0.25, 0.3) is 0 Å². The van der Waals surface area contributed by atoms with Gasteiger partial charge in [-0.3, -0.25) is 25.6 Å². The van der Waals surface area contributed by atoms with Crippen molar-refractivity contribution in [3.8, 4) is 0 Å². The molecule has 80 valence electrons. The van der Waals surface area contributed by atoms with Crippen molar-refractivity contribution < 1.29 is 14.7 Å². The number of ketones is 1. The molecule has 0 aromatic rings. The molecule has 7 heteroatoms. The molecule has 1 fully saturated rings. The quantitative estimate of drug-likeness (QED) is 0.393. The van der Waals surface area contributed by atoms with E-state index in [1.165, 1.54) is 18.0 Å². The summed E-state index contributed by atoms with van der Waals surface area (Å²) in [6, 6.07) is 0. The second kappa shape index (κ2) is 2.91. The van der Waals surface area contributed by atoms with Crippen molar-refractivity contribution in [3.05, 3.63) is 11.8 Å². The minimum atomic E-state index is -1.82. The van der Waals surface area contributed by atoms with Gasteiger partial charge in [0.1, 0.15) is 11.1 Å². The number of hydrogen-bond donors (Lipinski definition) is 3. The van der Waals surface area contributed by atoms with Crippen molar-refractivity contribution in [2.45, 2.75) is 17.4 Å². The first-order valence-corrected chi connectivity index (χ1v) is 5.06. The van der Waals surface area contributed by atoms with Gasteiger partial charge in [0.25, 0.3) is 5.91 Å². The number of nitrogens with two attached hydrogens (primary N) is 1. The summed E-state index contributed by atoms with van der Waals surface area (Å²) >= 11 is 0.811. The van der Waals surface area contributed by atoms with Crippen molar-refractivity contribution in [1.29, 1.82) is 5.41 Å². The molecule has 0 bridgehead atoms. The number of hydrogen-bond acceptors (Lipinski definition) is 6. The van der Waals surface area contributed by atoms with Crippen molar-refractivity contribution >= 4 is 29.2 Å². The van der Waals surface area contributed by atoms with Crippen LogP contribution in [-0.2, 0) is 9.59 Å². The van der Waals surface area contributed by atoms with E-state index in [1.54, 1.807) is 0 Å². The Bertz CT molecular complexity index is 415. The molecule has 6 nitrogen and oxygen atoms in total. The van der Waals surface area contributed by atoms with Gasteiger partial charge in [0.2, 0.25) is 0 Å². The fourth-order valence-corrected chi connectivity index (χ4v) is 2.63. The van der Waals surface area contributed by atoms with Gasteiger partial charge in [0.05, 0.1) is 5.57 Å². The van der Waals surface area contributed by atoms with Crippen LogP contribution in [-0.4, -0.2) is 37.8 Å². The molecule has 4 N–H and O–H groups in total. The van der Waals surface area contributed by atoms with Crippen molar-refractivity contribution in [2.24, 2.45) is 5.73 Å². The standard InChI is InChI=1S/C8H9N3O3S/c1-3(12)4-2-11-6(13)5(9)7(11)15-8(4,10)14/h2,7,9,14H,10H2,1H3/t7-,8?/m1/s1. The topological polar surface area (TPSA) is 107 Å². The van der Waals surface area contributed by atoms with Crippen LogP contribution in [0.3, 0.4) is 0 Å². The molecular formula is C8H9N3O3S. The first-order valence-electron chi connectivity index (χ1n) is 4.18. The van der Waals surface area contributed by atoms with Crippen molar-refractivity contribution in [1.82, 2.24) is 4.90 Å². The van der Waals surface area contributed by atoms with Gasteiger partial charge in [-0.1, -0.05) is 11.8 Å². The molecule has 2 aliphatic rings. The van der Waals surface area contributed by atoms with Crippen LogP contribution in [0.2, 0.25) is 0 Å². The lowest BCUT2D eigenvalue weighted by Crippen LogP contribution is -2.63. The van der Waals surface area contributed by atoms with Crippen LogP contribution in [0.4, 0.5) is 0 Å². The van der Waals surface area contributed by atoms with Gasteiger partial charge in [-0.25, -0.2) is 0 Å². The van der Waals surface area contributed by atoms with E-state index in [9.17, 15) is 14.7 Å². The molecule has 2 aliphatic heterocycles. The van der Waals surface area contributed by atoms with Crippen LogP contribution in [0, 0.1) is 5.41 Å². The van der Waals surface area contributed by atoms with Gasteiger partial charge >= 0.3 is 0 Å². The summed E-state index contributed by atoms with van der Waals surface area (Å²) in [5.74, 6) is -0.848. The molecule has 0 aromatic carbocycles. The Morgan fingerprint density at radius 2 is 2.40 bits per heavy atom. The summed E-state index contributed by atoms with van der Waals surface area (Å²) in [4.78, 5) is 23.6. The zero-order valence-electron chi connectivity index (χ0n) is 7.85. The van der Waals surface area contributed by atoms with Gasteiger partial charge in [-0.05, 0) is 6.92 Å². The molecule has 1 amide bonds. The molecule has 1 saturated heterocycles. The lowest BCUT2D eigenvalue weighted by atomic mass is 10.1.